The normalized spacial score (nSPS) is 21.1. The topological polar surface area (TPSA) is 97.6 Å². The predicted molar refractivity (Wildman–Crippen MR) is 131 cm³/mol. The number of carbonyl (C=O) groups excluding carboxylic acids is 1. The zero-order valence-corrected chi connectivity index (χ0v) is 19.7. The highest BCUT2D eigenvalue weighted by Crippen LogP contribution is 2.33. The van der Waals surface area contributed by atoms with Crippen LogP contribution in [0.2, 0.25) is 0 Å². The molecular weight excluding hydrogens is 428 g/mol. The Hall–Kier alpha value is -3.46. The van der Waals surface area contributed by atoms with Crippen molar-refractivity contribution < 1.29 is 4.79 Å². The molecule has 2 N–H and O–H groups in total. The molecule has 1 aromatic carbocycles. The fraction of sp³-hybridized carbons (Fsp3) is 0.440. The molecule has 0 bridgehead atoms. The average molecular weight is 459 g/mol. The molecule has 176 valence electrons. The molecular formula is C25H30N8O. The largest absolute Gasteiger partial charge is 0.355 e. The summed E-state index contributed by atoms with van der Waals surface area (Å²) in [7, 11) is 1.90. The lowest BCUT2D eigenvalue weighted by Crippen LogP contribution is -2.38. The number of likely N-dealkylation sites (tertiary alicyclic amines) is 1. The number of fused-ring (bicyclic) bond motifs is 2. The highest BCUT2D eigenvalue weighted by Gasteiger charge is 2.32. The zero-order chi connectivity index (χ0) is 23.4. The van der Waals surface area contributed by atoms with E-state index in [0.717, 1.165) is 78.9 Å². The summed E-state index contributed by atoms with van der Waals surface area (Å²) in [4.78, 5) is 22.9. The molecule has 9 nitrogen and oxygen atoms in total. The number of nitrogens with two attached hydrogens (primary N) is 1. The first kappa shape index (κ1) is 21.1. The molecule has 34 heavy (non-hydrogen) atoms. The molecule has 0 saturated carbocycles. The van der Waals surface area contributed by atoms with Gasteiger partial charge in [0.1, 0.15) is 5.82 Å². The van der Waals surface area contributed by atoms with E-state index in [1.807, 2.05) is 46.9 Å². The summed E-state index contributed by atoms with van der Waals surface area (Å²) in [6, 6.07) is 8.00. The maximum atomic E-state index is 13.8. The van der Waals surface area contributed by atoms with Crippen LogP contribution in [0.1, 0.15) is 53.3 Å². The summed E-state index contributed by atoms with van der Waals surface area (Å²) in [5, 5.41) is 10.1. The number of piperidine rings is 1. The third-order valence-electron chi connectivity index (χ3n) is 7.28. The van der Waals surface area contributed by atoms with Gasteiger partial charge in [-0.15, -0.1) is 0 Å². The second-order valence-electron chi connectivity index (χ2n) is 9.63. The molecule has 2 aliphatic heterocycles. The van der Waals surface area contributed by atoms with Crippen LogP contribution in [-0.2, 0) is 7.05 Å². The predicted octanol–water partition coefficient (Wildman–Crippen LogP) is 2.83. The summed E-state index contributed by atoms with van der Waals surface area (Å²) in [5.41, 5.74) is 10.6. The molecule has 0 radical (unpaired) electrons. The molecule has 1 amide bonds. The van der Waals surface area contributed by atoms with E-state index in [0.29, 0.717) is 5.56 Å². The van der Waals surface area contributed by atoms with Gasteiger partial charge in [0.15, 0.2) is 5.65 Å². The molecule has 0 spiro atoms. The lowest BCUT2D eigenvalue weighted by atomic mass is 9.97. The monoisotopic (exact) mass is 458 g/mol. The Balaban J connectivity index is 1.35. The van der Waals surface area contributed by atoms with Gasteiger partial charge in [0, 0.05) is 55.9 Å². The Labute approximate surface area is 198 Å². The van der Waals surface area contributed by atoms with E-state index < -0.39 is 0 Å². The lowest BCUT2D eigenvalue weighted by Gasteiger charge is -2.35. The van der Waals surface area contributed by atoms with Crippen LogP contribution in [0.4, 0.5) is 5.82 Å². The standard InChI is InChI=1S/C25H30N8O/c1-16-14-33-23(28-24(16)31-11-9-17(26)15-31)12-20(29-33)22-7-3-4-10-32(22)25(34)18-6-5-8-21-19(18)13-27-30(21)2/h5-6,8,12-14,17,22H,3-4,7,9-11,15,26H2,1-2H3. The number of hydrogen-bond acceptors (Lipinski definition) is 6. The SMILES string of the molecule is Cc1cn2nc(C3CCCCN3C(=O)c3cccc4c3cnn4C)cc2nc1N1CCC(N)C1. The zero-order valence-electron chi connectivity index (χ0n) is 19.7. The third-order valence-corrected chi connectivity index (χ3v) is 7.28. The highest BCUT2D eigenvalue weighted by molar-refractivity contribution is 6.06. The molecule has 2 atom stereocenters. The van der Waals surface area contributed by atoms with Gasteiger partial charge in [-0.1, -0.05) is 6.07 Å². The fourth-order valence-corrected chi connectivity index (χ4v) is 5.48. The highest BCUT2D eigenvalue weighted by atomic mass is 16.2. The average Bonchev–Trinajstić information content (AvgIpc) is 3.56. The lowest BCUT2D eigenvalue weighted by molar-refractivity contribution is 0.0608. The van der Waals surface area contributed by atoms with Gasteiger partial charge >= 0.3 is 0 Å². The van der Waals surface area contributed by atoms with Crippen molar-refractivity contribution in [3.63, 3.8) is 0 Å². The van der Waals surface area contributed by atoms with Crippen LogP contribution in [0, 0.1) is 6.92 Å². The summed E-state index contributed by atoms with van der Waals surface area (Å²) >= 11 is 0. The van der Waals surface area contributed by atoms with Crippen molar-refractivity contribution in [1.29, 1.82) is 0 Å². The van der Waals surface area contributed by atoms with E-state index in [4.69, 9.17) is 15.8 Å². The molecule has 2 fully saturated rings. The molecule has 5 heterocycles. The van der Waals surface area contributed by atoms with Gasteiger partial charge in [-0.05, 0) is 44.7 Å². The number of amides is 1. The number of aromatic nitrogens is 5. The number of aryl methyl sites for hydroxylation is 2. The first-order valence-electron chi connectivity index (χ1n) is 12.1. The molecule has 2 saturated heterocycles. The number of anilines is 1. The minimum Gasteiger partial charge on any atom is -0.355 e. The van der Waals surface area contributed by atoms with Crippen molar-refractivity contribution in [1.82, 2.24) is 29.3 Å². The van der Waals surface area contributed by atoms with E-state index in [1.165, 1.54) is 0 Å². The van der Waals surface area contributed by atoms with Crippen molar-refractivity contribution in [2.75, 3.05) is 24.5 Å². The Kier molecular flexibility index (Phi) is 5.02. The Morgan fingerprint density at radius 1 is 1.18 bits per heavy atom. The van der Waals surface area contributed by atoms with E-state index in [9.17, 15) is 4.79 Å². The summed E-state index contributed by atoms with van der Waals surface area (Å²) in [5.74, 6) is 1.02. The summed E-state index contributed by atoms with van der Waals surface area (Å²) in [6.07, 6.45) is 7.77. The summed E-state index contributed by atoms with van der Waals surface area (Å²) < 4.78 is 3.66. The summed E-state index contributed by atoms with van der Waals surface area (Å²) in [6.45, 7) is 4.54. The molecule has 2 unspecified atom stereocenters. The van der Waals surface area contributed by atoms with Gasteiger partial charge in [-0.2, -0.15) is 10.2 Å². The maximum absolute atomic E-state index is 13.8. The van der Waals surface area contributed by atoms with Crippen LogP contribution in [0.25, 0.3) is 16.6 Å². The van der Waals surface area contributed by atoms with E-state index >= 15 is 0 Å². The van der Waals surface area contributed by atoms with Crippen molar-refractivity contribution in [3.8, 4) is 0 Å². The van der Waals surface area contributed by atoms with Crippen molar-refractivity contribution in [2.24, 2.45) is 12.8 Å². The Morgan fingerprint density at radius 3 is 2.88 bits per heavy atom. The Bertz CT molecular complexity index is 1390. The molecule has 9 heteroatoms. The van der Waals surface area contributed by atoms with Crippen LogP contribution >= 0.6 is 0 Å². The molecule has 3 aromatic heterocycles. The maximum Gasteiger partial charge on any atom is 0.255 e. The van der Waals surface area contributed by atoms with Gasteiger partial charge in [-0.25, -0.2) is 9.50 Å². The van der Waals surface area contributed by atoms with Crippen LogP contribution < -0.4 is 10.6 Å². The van der Waals surface area contributed by atoms with Gasteiger partial charge < -0.3 is 15.5 Å². The number of hydrogen-bond donors (Lipinski definition) is 1. The van der Waals surface area contributed by atoms with Crippen molar-refractivity contribution in [3.05, 3.63) is 53.5 Å². The van der Waals surface area contributed by atoms with Gasteiger partial charge in [-0.3, -0.25) is 9.48 Å². The van der Waals surface area contributed by atoms with Gasteiger partial charge in [0.2, 0.25) is 0 Å². The molecule has 4 aromatic rings. The first-order valence-corrected chi connectivity index (χ1v) is 12.1. The van der Waals surface area contributed by atoms with Crippen LogP contribution in [-0.4, -0.2) is 60.9 Å². The van der Waals surface area contributed by atoms with Crippen LogP contribution in [0.3, 0.4) is 0 Å². The first-order chi connectivity index (χ1) is 16.5. The second kappa shape index (κ2) is 8.09. The number of carbonyl (C=O) groups is 1. The van der Waals surface area contributed by atoms with E-state index in [-0.39, 0.29) is 18.0 Å². The molecule has 0 aliphatic carbocycles. The minimum atomic E-state index is -0.0705. The number of nitrogens with zero attached hydrogens (tertiary/aromatic N) is 7. The van der Waals surface area contributed by atoms with Gasteiger partial charge in [0.25, 0.3) is 5.91 Å². The quantitative estimate of drug-likeness (QED) is 0.507. The number of benzene rings is 1. The molecule has 6 rings (SSSR count). The number of rotatable bonds is 3. The smallest absolute Gasteiger partial charge is 0.255 e. The van der Waals surface area contributed by atoms with Crippen LogP contribution in [0.15, 0.2) is 36.7 Å². The minimum absolute atomic E-state index is 0.0382. The van der Waals surface area contributed by atoms with Gasteiger partial charge in [0.05, 0.1) is 29.0 Å². The van der Waals surface area contributed by atoms with E-state index in [1.54, 1.807) is 10.9 Å². The van der Waals surface area contributed by atoms with Crippen molar-refractivity contribution >= 4 is 28.3 Å². The molecule has 2 aliphatic rings. The Morgan fingerprint density at radius 2 is 2.06 bits per heavy atom. The van der Waals surface area contributed by atoms with E-state index in [2.05, 4.69) is 16.9 Å². The third kappa shape index (κ3) is 3.42. The van der Waals surface area contributed by atoms with Crippen molar-refractivity contribution in [2.45, 2.75) is 44.7 Å². The van der Waals surface area contributed by atoms with Crippen LogP contribution in [0.5, 0.6) is 0 Å². The fourth-order valence-electron chi connectivity index (χ4n) is 5.48. The second-order valence-corrected chi connectivity index (χ2v) is 9.63.